The standard InChI is InChI=1S/C13H15N3O2S/c1-8(2)16-12(18)14-15-13(16)19-11-7-5-4-6-10(11)9(3)17/h4-8H,1-3H3,(H,14,18). The van der Waals surface area contributed by atoms with Crippen LogP contribution in [0, 0.1) is 0 Å². The van der Waals surface area contributed by atoms with Crippen molar-refractivity contribution in [2.75, 3.05) is 0 Å². The third-order valence-corrected chi connectivity index (χ3v) is 3.70. The van der Waals surface area contributed by atoms with E-state index in [1.807, 2.05) is 32.0 Å². The second kappa shape index (κ2) is 5.44. The number of rotatable bonds is 4. The van der Waals surface area contributed by atoms with Crippen LogP contribution >= 0.6 is 11.8 Å². The van der Waals surface area contributed by atoms with Gasteiger partial charge in [-0.1, -0.05) is 18.2 Å². The first kappa shape index (κ1) is 13.6. The maximum Gasteiger partial charge on any atom is 0.344 e. The molecule has 1 aromatic carbocycles. The van der Waals surface area contributed by atoms with Gasteiger partial charge in [-0.3, -0.25) is 9.36 Å². The molecule has 6 heteroatoms. The average molecular weight is 277 g/mol. The Labute approximate surface area is 115 Å². The van der Waals surface area contributed by atoms with Crippen LogP contribution in [0.2, 0.25) is 0 Å². The van der Waals surface area contributed by atoms with Gasteiger partial charge in [0.1, 0.15) is 0 Å². The molecule has 0 spiro atoms. The van der Waals surface area contributed by atoms with Crippen LogP contribution in [0.3, 0.4) is 0 Å². The summed E-state index contributed by atoms with van der Waals surface area (Å²) < 4.78 is 1.57. The summed E-state index contributed by atoms with van der Waals surface area (Å²) in [5.74, 6) is -0.00270. The first-order valence-corrected chi connectivity index (χ1v) is 6.77. The number of carbonyl (C=O) groups excluding carboxylic acids is 1. The number of aromatic nitrogens is 3. The number of nitrogens with zero attached hydrogens (tertiary/aromatic N) is 2. The monoisotopic (exact) mass is 277 g/mol. The lowest BCUT2D eigenvalue weighted by molar-refractivity contribution is 0.101. The zero-order valence-corrected chi connectivity index (χ0v) is 11.8. The number of ketones is 1. The number of hydrogen-bond donors (Lipinski definition) is 1. The number of carbonyl (C=O) groups is 1. The van der Waals surface area contributed by atoms with E-state index in [0.29, 0.717) is 10.7 Å². The van der Waals surface area contributed by atoms with Gasteiger partial charge in [0.05, 0.1) is 0 Å². The molecule has 1 N–H and O–H groups in total. The van der Waals surface area contributed by atoms with Gasteiger partial charge in [-0.05, 0) is 38.6 Å². The number of Topliss-reactive ketones (excluding diaryl/α,β-unsaturated/α-hetero) is 1. The molecular formula is C13H15N3O2S. The van der Waals surface area contributed by atoms with Gasteiger partial charge < -0.3 is 0 Å². The minimum Gasteiger partial charge on any atom is -0.294 e. The van der Waals surface area contributed by atoms with Gasteiger partial charge in [0.15, 0.2) is 10.9 Å². The molecule has 2 aromatic rings. The smallest absolute Gasteiger partial charge is 0.294 e. The molecule has 5 nitrogen and oxygen atoms in total. The van der Waals surface area contributed by atoms with Crippen LogP contribution in [0.25, 0.3) is 0 Å². The molecule has 0 bridgehead atoms. The Kier molecular flexibility index (Phi) is 3.90. The number of aromatic amines is 1. The zero-order valence-electron chi connectivity index (χ0n) is 11.0. The topological polar surface area (TPSA) is 67.8 Å². The number of nitrogens with one attached hydrogen (secondary N) is 1. The van der Waals surface area contributed by atoms with Crippen LogP contribution < -0.4 is 5.69 Å². The van der Waals surface area contributed by atoms with Gasteiger partial charge in [-0.15, -0.1) is 5.10 Å². The molecule has 0 atom stereocenters. The van der Waals surface area contributed by atoms with Crippen molar-refractivity contribution >= 4 is 17.5 Å². The SMILES string of the molecule is CC(=O)c1ccccc1Sc1n[nH]c(=O)n1C(C)C. The Bertz CT molecular complexity index is 658. The second-order valence-electron chi connectivity index (χ2n) is 4.43. The molecule has 0 aliphatic carbocycles. The van der Waals surface area contributed by atoms with E-state index in [-0.39, 0.29) is 17.5 Å². The normalized spacial score (nSPS) is 10.9. The maximum atomic E-state index is 11.7. The molecule has 0 saturated heterocycles. The van der Waals surface area contributed by atoms with Crippen LogP contribution in [0.5, 0.6) is 0 Å². The summed E-state index contributed by atoms with van der Waals surface area (Å²) in [4.78, 5) is 24.0. The van der Waals surface area contributed by atoms with E-state index in [4.69, 9.17) is 0 Å². The summed E-state index contributed by atoms with van der Waals surface area (Å²) in [6.45, 7) is 5.36. The van der Waals surface area contributed by atoms with Gasteiger partial charge in [0, 0.05) is 16.5 Å². The summed E-state index contributed by atoms with van der Waals surface area (Å²) in [5, 5.41) is 7.01. The van der Waals surface area contributed by atoms with Crippen molar-refractivity contribution in [1.29, 1.82) is 0 Å². The van der Waals surface area contributed by atoms with Crippen LogP contribution in [0.1, 0.15) is 37.2 Å². The highest BCUT2D eigenvalue weighted by atomic mass is 32.2. The number of benzene rings is 1. The van der Waals surface area contributed by atoms with E-state index in [0.717, 1.165) is 4.90 Å². The molecule has 2 rings (SSSR count). The molecule has 0 aliphatic rings. The average Bonchev–Trinajstić information content (AvgIpc) is 2.71. The Morgan fingerprint density at radius 3 is 2.68 bits per heavy atom. The van der Waals surface area contributed by atoms with Gasteiger partial charge in [0.25, 0.3) is 0 Å². The minimum absolute atomic E-state index is 0.00270. The van der Waals surface area contributed by atoms with Crippen LogP contribution in [0.15, 0.2) is 39.1 Å². The fraction of sp³-hybridized carbons (Fsp3) is 0.308. The van der Waals surface area contributed by atoms with Crippen molar-refractivity contribution in [3.63, 3.8) is 0 Å². The molecule has 1 aromatic heterocycles. The van der Waals surface area contributed by atoms with Crippen molar-refractivity contribution in [3.8, 4) is 0 Å². The molecule has 0 amide bonds. The summed E-state index contributed by atoms with van der Waals surface area (Å²) in [5.41, 5.74) is 0.399. The van der Waals surface area contributed by atoms with Gasteiger partial charge in [-0.2, -0.15) is 0 Å². The molecule has 0 saturated carbocycles. The molecule has 1 heterocycles. The third-order valence-electron chi connectivity index (χ3n) is 2.66. The first-order valence-electron chi connectivity index (χ1n) is 5.95. The highest BCUT2D eigenvalue weighted by Gasteiger charge is 2.15. The largest absolute Gasteiger partial charge is 0.344 e. The van der Waals surface area contributed by atoms with E-state index in [1.54, 1.807) is 10.6 Å². The third kappa shape index (κ3) is 2.78. The first-order chi connectivity index (χ1) is 9.00. The van der Waals surface area contributed by atoms with E-state index >= 15 is 0 Å². The van der Waals surface area contributed by atoms with Crippen LogP contribution in [-0.4, -0.2) is 20.5 Å². The lowest BCUT2D eigenvalue weighted by Gasteiger charge is -2.09. The Balaban J connectivity index is 2.43. The van der Waals surface area contributed by atoms with E-state index in [1.165, 1.54) is 18.7 Å². The minimum atomic E-state index is -0.238. The zero-order chi connectivity index (χ0) is 14.0. The summed E-state index contributed by atoms with van der Waals surface area (Å²) in [7, 11) is 0. The second-order valence-corrected chi connectivity index (χ2v) is 5.44. The van der Waals surface area contributed by atoms with Crippen molar-refractivity contribution in [1.82, 2.24) is 14.8 Å². The molecule has 0 unspecified atom stereocenters. The Hall–Kier alpha value is -1.82. The highest BCUT2D eigenvalue weighted by Crippen LogP contribution is 2.29. The van der Waals surface area contributed by atoms with Gasteiger partial charge in [0.2, 0.25) is 0 Å². The molecule has 0 fully saturated rings. The summed E-state index contributed by atoms with van der Waals surface area (Å²) in [6.07, 6.45) is 0. The Morgan fingerprint density at radius 2 is 2.05 bits per heavy atom. The van der Waals surface area contributed by atoms with Crippen molar-refractivity contribution in [3.05, 3.63) is 40.3 Å². The quantitative estimate of drug-likeness (QED) is 0.872. The molecule has 100 valence electrons. The van der Waals surface area contributed by atoms with E-state index in [9.17, 15) is 9.59 Å². The van der Waals surface area contributed by atoms with Crippen LogP contribution in [-0.2, 0) is 0 Å². The van der Waals surface area contributed by atoms with E-state index < -0.39 is 0 Å². The van der Waals surface area contributed by atoms with Crippen LogP contribution in [0.4, 0.5) is 0 Å². The lowest BCUT2D eigenvalue weighted by atomic mass is 10.1. The predicted octanol–water partition coefficient (Wildman–Crippen LogP) is 2.51. The number of H-pyrrole nitrogens is 1. The fourth-order valence-corrected chi connectivity index (χ4v) is 2.91. The van der Waals surface area contributed by atoms with Crippen molar-refractivity contribution < 1.29 is 4.79 Å². The molecule has 19 heavy (non-hydrogen) atoms. The lowest BCUT2D eigenvalue weighted by Crippen LogP contribution is -2.19. The predicted molar refractivity (Wildman–Crippen MR) is 73.8 cm³/mol. The molecule has 0 aliphatic heterocycles. The molecule has 0 radical (unpaired) electrons. The van der Waals surface area contributed by atoms with Gasteiger partial charge >= 0.3 is 5.69 Å². The molecular weight excluding hydrogens is 262 g/mol. The van der Waals surface area contributed by atoms with Gasteiger partial charge in [-0.25, -0.2) is 9.89 Å². The van der Waals surface area contributed by atoms with E-state index in [2.05, 4.69) is 10.2 Å². The fourth-order valence-electron chi connectivity index (χ4n) is 1.76. The maximum absolute atomic E-state index is 11.7. The van der Waals surface area contributed by atoms with Crippen molar-refractivity contribution in [2.24, 2.45) is 0 Å². The van der Waals surface area contributed by atoms with Crippen molar-refractivity contribution in [2.45, 2.75) is 36.9 Å². The Morgan fingerprint density at radius 1 is 1.37 bits per heavy atom. The summed E-state index contributed by atoms with van der Waals surface area (Å²) in [6, 6.07) is 7.32. The highest BCUT2D eigenvalue weighted by molar-refractivity contribution is 7.99. The summed E-state index contributed by atoms with van der Waals surface area (Å²) >= 11 is 1.32. The number of hydrogen-bond acceptors (Lipinski definition) is 4.